The third kappa shape index (κ3) is 5.20. The second-order valence-electron chi connectivity index (χ2n) is 8.51. The normalized spacial score (nSPS) is 10.7. The molecule has 36 heavy (non-hydrogen) atoms. The van der Waals surface area contributed by atoms with Crippen LogP contribution in [-0.4, -0.2) is 22.6 Å². The van der Waals surface area contributed by atoms with Crippen LogP contribution < -0.4 is 10.1 Å². The van der Waals surface area contributed by atoms with Gasteiger partial charge < -0.3 is 9.30 Å². The van der Waals surface area contributed by atoms with Crippen molar-refractivity contribution in [3.05, 3.63) is 138 Å². The van der Waals surface area contributed by atoms with Crippen molar-refractivity contribution in [1.82, 2.24) is 9.55 Å². The van der Waals surface area contributed by atoms with Gasteiger partial charge in [-0.05, 0) is 47.5 Å². The van der Waals surface area contributed by atoms with Crippen LogP contribution in [0.4, 0.5) is 5.95 Å². The molecule has 0 unspecified atom stereocenters. The fourth-order valence-electron chi connectivity index (χ4n) is 4.27. The molecule has 0 saturated carbocycles. The Balaban J connectivity index is 1.64. The van der Waals surface area contributed by atoms with Crippen molar-refractivity contribution in [3.63, 3.8) is 0 Å². The largest absolute Gasteiger partial charge is 0.497 e. The molecule has 0 fully saturated rings. The number of methoxy groups -OCH3 is 1. The number of hydrogen-bond donors (Lipinski definition) is 1. The number of nitrogens with one attached hydrogen (secondary N) is 1. The van der Waals surface area contributed by atoms with Crippen molar-refractivity contribution in [3.8, 4) is 17.0 Å². The van der Waals surface area contributed by atoms with E-state index in [0.29, 0.717) is 24.5 Å². The first-order chi connectivity index (χ1) is 17.7. The number of carbonyl (C=O) groups excluding carboxylic acids is 1. The molecule has 178 valence electrons. The van der Waals surface area contributed by atoms with E-state index in [9.17, 15) is 4.79 Å². The number of carbonyl (C=O) groups is 1. The fourth-order valence-corrected chi connectivity index (χ4v) is 4.27. The molecule has 0 saturated heterocycles. The van der Waals surface area contributed by atoms with E-state index in [0.717, 1.165) is 33.8 Å². The number of hydrogen-bond acceptors (Lipinski definition) is 3. The van der Waals surface area contributed by atoms with Gasteiger partial charge in [0.05, 0.1) is 25.0 Å². The minimum Gasteiger partial charge on any atom is -0.497 e. The first kappa shape index (κ1) is 23.1. The van der Waals surface area contributed by atoms with Crippen molar-refractivity contribution in [1.29, 1.82) is 0 Å². The number of nitrogens with zero attached hydrogens (tertiary/aromatic N) is 2. The van der Waals surface area contributed by atoms with Gasteiger partial charge in [-0.3, -0.25) is 10.1 Å². The number of rotatable bonds is 8. The molecule has 5 rings (SSSR count). The van der Waals surface area contributed by atoms with Crippen LogP contribution in [0, 0.1) is 0 Å². The van der Waals surface area contributed by atoms with E-state index in [4.69, 9.17) is 9.72 Å². The Labute approximate surface area is 211 Å². The van der Waals surface area contributed by atoms with Crippen LogP contribution in [0.5, 0.6) is 5.75 Å². The molecule has 0 bridgehead atoms. The van der Waals surface area contributed by atoms with Gasteiger partial charge >= 0.3 is 0 Å². The van der Waals surface area contributed by atoms with Crippen LogP contribution in [0.3, 0.4) is 0 Å². The van der Waals surface area contributed by atoms with Gasteiger partial charge in [0.2, 0.25) is 5.95 Å². The van der Waals surface area contributed by atoms with E-state index in [1.165, 1.54) is 0 Å². The van der Waals surface area contributed by atoms with Crippen LogP contribution in [0.1, 0.15) is 27.2 Å². The van der Waals surface area contributed by atoms with Gasteiger partial charge in [0.25, 0.3) is 5.91 Å². The van der Waals surface area contributed by atoms with Gasteiger partial charge in [0.15, 0.2) is 0 Å². The molecule has 5 nitrogen and oxygen atoms in total. The van der Waals surface area contributed by atoms with Crippen molar-refractivity contribution < 1.29 is 9.53 Å². The topological polar surface area (TPSA) is 56.1 Å². The van der Waals surface area contributed by atoms with Gasteiger partial charge in [0, 0.05) is 17.5 Å². The number of aromatic nitrogens is 2. The fraction of sp³-hybridized carbons (Fsp3) is 0.0968. The number of ether oxygens (including phenoxy) is 1. The molecule has 1 heterocycles. The third-order valence-corrected chi connectivity index (χ3v) is 6.06. The predicted octanol–water partition coefficient (Wildman–Crippen LogP) is 6.45. The minimum absolute atomic E-state index is 0.192. The standard InChI is InChI=1S/C31H27N3O2/c1-36-27-19-17-25(18-20-27)29-28(21-23-11-5-2-6-12-23)32-31(33-30(35)26-15-9-4-10-16-26)34(29)22-24-13-7-3-8-14-24/h2-20H,21-22H2,1H3,(H,32,33,35). The van der Waals surface area contributed by atoms with Crippen molar-refractivity contribution in [2.24, 2.45) is 0 Å². The highest BCUT2D eigenvalue weighted by Gasteiger charge is 2.21. The first-order valence-electron chi connectivity index (χ1n) is 11.9. The molecular weight excluding hydrogens is 446 g/mol. The first-order valence-corrected chi connectivity index (χ1v) is 11.9. The van der Waals surface area contributed by atoms with Crippen molar-refractivity contribution in [2.75, 3.05) is 12.4 Å². The number of benzene rings is 4. The summed E-state index contributed by atoms with van der Waals surface area (Å²) >= 11 is 0. The second-order valence-corrected chi connectivity index (χ2v) is 8.51. The molecule has 5 heteroatoms. The number of amides is 1. The van der Waals surface area contributed by atoms with Crippen LogP contribution in [-0.2, 0) is 13.0 Å². The minimum atomic E-state index is -0.192. The Morgan fingerprint density at radius 2 is 1.36 bits per heavy atom. The molecule has 0 spiro atoms. The van der Waals surface area contributed by atoms with E-state index < -0.39 is 0 Å². The molecule has 0 aliphatic carbocycles. The van der Waals surface area contributed by atoms with Crippen LogP contribution in [0.25, 0.3) is 11.3 Å². The molecule has 0 aliphatic heterocycles. The zero-order valence-electron chi connectivity index (χ0n) is 20.1. The summed E-state index contributed by atoms with van der Waals surface area (Å²) in [6.07, 6.45) is 0.637. The molecule has 1 N–H and O–H groups in total. The lowest BCUT2D eigenvalue weighted by Gasteiger charge is -2.14. The Morgan fingerprint density at radius 1 is 0.778 bits per heavy atom. The highest BCUT2D eigenvalue weighted by atomic mass is 16.5. The van der Waals surface area contributed by atoms with E-state index in [1.807, 2.05) is 78.9 Å². The average Bonchev–Trinajstić information content (AvgIpc) is 3.26. The van der Waals surface area contributed by atoms with Gasteiger partial charge in [-0.2, -0.15) is 0 Å². The number of imidazole rings is 1. The van der Waals surface area contributed by atoms with Gasteiger partial charge in [-0.15, -0.1) is 0 Å². The predicted molar refractivity (Wildman–Crippen MR) is 143 cm³/mol. The van der Waals surface area contributed by atoms with E-state index in [1.54, 1.807) is 19.2 Å². The summed E-state index contributed by atoms with van der Waals surface area (Å²) < 4.78 is 7.48. The van der Waals surface area contributed by atoms with E-state index in [-0.39, 0.29) is 5.91 Å². The lowest BCUT2D eigenvalue weighted by molar-refractivity contribution is 0.102. The summed E-state index contributed by atoms with van der Waals surface area (Å²) in [5, 5.41) is 3.07. The molecule has 5 aromatic rings. The molecule has 4 aromatic carbocycles. The van der Waals surface area contributed by atoms with Crippen LogP contribution >= 0.6 is 0 Å². The quantitative estimate of drug-likeness (QED) is 0.282. The molecular formula is C31H27N3O2. The van der Waals surface area contributed by atoms with E-state index in [2.05, 4.69) is 34.1 Å². The average molecular weight is 474 g/mol. The Hall–Kier alpha value is -4.64. The molecule has 0 aliphatic rings. The molecule has 1 amide bonds. The van der Waals surface area contributed by atoms with Crippen molar-refractivity contribution in [2.45, 2.75) is 13.0 Å². The molecule has 0 radical (unpaired) electrons. The summed E-state index contributed by atoms with van der Waals surface area (Å²) in [6, 6.07) is 37.6. The van der Waals surface area contributed by atoms with Gasteiger partial charge in [-0.25, -0.2) is 4.98 Å². The molecule has 0 atom stereocenters. The molecule has 1 aromatic heterocycles. The van der Waals surface area contributed by atoms with Gasteiger partial charge in [0.1, 0.15) is 5.75 Å². The summed E-state index contributed by atoms with van der Waals surface area (Å²) in [7, 11) is 1.66. The van der Waals surface area contributed by atoms with E-state index >= 15 is 0 Å². The summed E-state index contributed by atoms with van der Waals surface area (Å²) in [6.45, 7) is 0.564. The Bertz CT molecular complexity index is 1430. The smallest absolute Gasteiger partial charge is 0.257 e. The number of anilines is 1. The lowest BCUT2D eigenvalue weighted by Crippen LogP contribution is -2.16. The third-order valence-electron chi connectivity index (χ3n) is 6.06. The van der Waals surface area contributed by atoms with Gasteiger partial charge in [-0.1, -0.05) is 78.9 Å². The second kappa shape index (κ2) is 10.7. The highest BCUT2D eigenvalue weighted by Crippen LogP contribution is 2.32. The van der Waals surface area contributed by atoms with Crippen LogP contribution in [0.2, 0.25) is 0 Å². The Kier molecular flexibility index (Phi) is 6.90. The zero-order valence-corrected chi connectivity index (χ0v) is 20.1. The van der Waals surface area contributed by atoms with Crippen LogP contribution in [0.15, 0.2) is 115 Å². The lowest BCUT2D eigenvalue weighted by atomic mass is 10.0. The summed E-state index contributed by atoms with van der Waals surface area (Å²) in [5.41, 5.74) is 5.72. The Morgan fingerprint density at radius 3 is 1.97 bits per heavy atom. The summed E-state index contributed by atoms with van der Waals surface area (Å²) in [4.78, 5) is 18.1. The zero-order chi connectivity index (χ0) is 24.7. The highest BCUT2D eigenvalue weighted by molar-refractivity contribution is 6.03. The monoisotopic (exact) mass is 473 g/mol. The maximum atomic E-state index is 13.1. The maximum Gasteiger partial charge on any atom is 0.257 e. The summed E-state index contributed by atoms with van der Waals surface area (Å²) in [5.74, 6) is 1.11. The maximum absolute atomic E-state index is 13.1. The van der Waals surface area contributed by atoms with Crippen molar-refractivity contribution >= 4 is 11.9 Å². The SMILES string of the molecule is COc1ccc(-c2c(Cc3ccccc3)nc(NC(=O)c3ccccc3)n2Cc2ccccc2)cc1.